The molecule has 2 N–H and O–H groups in total. The van der Waals surface area contributed by atoms with Crippen LogP contribution in [0.25, 0.3) is 0 Å². The van der Waals surface area contributed by atoms with E-state index in [0.717, 1.165) is 25.9 Å². The number of nitrogens with zero attached hydrogens (tertiary/aromatic N) is 2. The minimum absolute atomic E-state index is 0. The first-order valence-electron chi connectivity index (χ1n) is 9.24. The standard InChI is InChI=1S/C19H28F2N4O3.HI/c1-22-17(26)10-13-6-8-25(9-7-13)19(23-2)24-12-14-4-5-15(27-3)11-16(14)28-18(20)21;/h4-5,11,13,18H,6-10,12H2,1-3H3,(H,22,26)(H,23,24);1H. The summed E-state index contributed by atoms with van der Waals surface area (Å²) in [4.78, 5) is 17.9. The highest BCUT2D eigenvalue weighted by molar-refractivity contribution is 14.0. The molecule has 0 aliphatic carbocycles. The molecule has 0 atom stereocenters. The fraction of sp³-hybridized carbons (Fsp3) is 0.579. The van der Waals surface area contributed by atoms with E-state index in [1.807, 2.05) is 0 Å². The fourth-order valence-electron chi connectivity index (χ4n) is 3.23. The lowest BCUT2D eigenvalue weighted by molar-refractivity contribution is -0.121. The largest absolute Gasteiger partial charge is 0.497 e. The van der Waals surface area contributed by atoms with Gasteiger partial charge < -0.3 is 25.0 Å². The Labute approximate surface area is 187 Å². The number of amides is 1. The van der Waals surface area contributed by atoms with E-state index in [1.54, 1.807) is 26.2 Å². The maximum Gasteiger partial charge on any atom is 0.387 e. The Morgan fingerprint density at radius 3 is 2.59 bits per heavy atom. The van der Waals surface area contributed by atoms with E-state index >= 15 is 0 Å². The zero-order valence-electron chi connectivity index (χ0n) is 16.9. The van der Waals surface area contributed by atoms with Crippen LogP contribution in [0.15, 0.2) is 23.2 Å². The van der Waals surface area contributed by atoms with E-state index in [4.69, 9.17) is 4.74 Å². The van der Waals surface area contributed by atoms with Gasteiger partial charge in [0.05, 0.1) is 7.11 Å². The van der Waals surface area contributed by atoms with Crippen molar-refractivity contribution >= 4 is 35.8 Å². The predicted octanol–water partition coefficient (Wildman–Crippen LogP) is 2.84. The number of carbonyl (C=O) groups excluding carboxylic acids is 1. The van der Waals surface area contributed by atoms with Gasteiger partial charge in [0.15, 0.2) is 5.96 Å². The molecule has 1 aliphatic rings. The molecule has 1 heterocycles. The number of likely N-dealkylation sites (tertiary alicyclic amines) is 1. The Hall–Kier alpha value is -1.85. The molecular formula is C19H29F2IN4O3. The minimum Gasteiger partial charge on any atom is -0.497 e. The van der Waals surface area contributed by atoms with Gasteiger partial charge in [-0.25, -0.2) is 0 Å². The van der Waals surface area contributed by atoms with Crippen LogP contribution in [0, 0.1) is 5.92 Å². The Kier molecular flexibility index (Phi) is 11.0. The van der Waals surface area contributed by atoms with Gasteiger partial charge >= 0.3 is 6.61 Å². The number of aliphatic imine (C=N–C) groups is 1. The van der Waals surface area contributed by atoms with Crippen LogP contribution >= 0.6 is 24.0 Å². The lowest BCUT2D eigenvalue weighted by Crippen LogP contribution is -2.45. The number of methoxy groups -OCH3 is 1. The molecule has 0 aromatic heterocycles. The second kappa shape index (κ2) is 12.7. The third-order valence-corrected chi connectivity index (χ3v) is 4.81. The summed E-state index contributed by atoms with van der Waals surface area (Å²) in [6, 6.07) is 4.82. The van der Waals surface area contributed by atoms with Crippen LogP contribution in [-0.4, -0.2) is 57.7 Å². The normalized spacial score (nSPS) is 15.0. The molecule has 1 aliphatic heterocycles. The molecule has 1 amide bonds. The molecular weight excluding hydrogens is 497 g/mol. The molecule has 0 spiro atoms. The molecule has 164 valence electrons. The van der Waals surface area contributed by atoms with Gasteiger partial charge in [0, 0.05) is 51.8 Å². The van der Waals surface area contributed by atoms with Crippen molar-refractivity contribution < 1.29 is 23.0 Å². The molecule has 0 radical (unpaired) electrons. The molecule has 1 aromatic rings. The second-order valence-corrected chi connectivity index (χ2v) is 6.56. The third-order valence-electron chi connectivity index (χ3n) is 4.81. The van der Waals surface area contributed by atoms with Gasteiger partial charge in [0.2, 0.25) is 5.91 Å². The average Bonchev–Trinajstić information content (AvgIpc) is 2.69. The van der Waals surface area contributed by atoms with Crippen molar-refractivity contribution in [2.24, 2.45) is 10.9 Å². The van der Waals surface area contributed by atoms with E-state index in [0.29, 0.717) is 29.6 Å². The number of ether oxygens (including phenoxy) is 2. The average molecular weight is 526 g/mol. The monoisotopic (exact) mass is 526 g/mol. The molecule has 2 rings (SSSR count). The first kappa shape index (κ1) is 25.2. The van der Waals surface area contributed by atoms with Gasteiger partial charge in [-0.1, -0.05) is 0 Å². The zero-order chi connectivity index (χ0) is 20.5. The fourth-order valence-corrected chi connectivity index (χ4v) is 3.23. The first-order chi connectivity index (χ1) is 13.5. The lowest BCUT2D eigenvalue weighted by Gasteiger charge is -2.34. The van der Waals surface area contributed by atoms with Crippen molar-refractivity contribution in [3.63, 3.8) is 0 Å². The van der Waals surface area contributed by atoms with Crippen molar-refractivity contribution in [2.75, 3.05) is 34.3 Å². The molecule has 0 saturated carbocycles. The van der Waals surface area contributed by atoms with Crippen LogP contribution in [0.2, 0.25) is 0 Å². The van der Waals surface area contributed by atoms with E-state index in [-0.39, 0.29) is 42.2 Å². The predicted molar refractivity (Wildman–Crippen MR) is 118 cm³/mol. The van der Waals surface area contributed by atoms with Gasteiger partial charge in [-0.15, -0.1) is 24.0 Å². The quantitative estimate of drug-likeness (QED) is 0.325. The molecule has 7 nitrogen and oxygen atoms in total. The number of hydrogen-bond acceptors (Lipinski definition) is 4. The highest BCUT2D eigenvalue weighted by Crippen LogP contribution is 2.26. The first-order valence-corrected chi connectivity index (χ1v) is 9.24. The number of carbonyl (C=O) groups is 1. The summed E-state index contributed by atoms with van der Waals surface area (Å²) in [5.74, 6) is 1.63. The third kappa shape index (κ3) is 7.82. The van der Waals surface area contributed by atoms with Crippen molar-refractivity contribution in [3.05, 3.63) is 23.8 Å². The van der Waals surface area contributed by atoms with Gasteiger partial charge in [-0.2, -0.15) is 8.78 Å². The molecule has 0 unspecified atom stereocenters. The van der Waals surface area contributed by atoms with Crippen molar-refractivity contribution in [2.45, 2.75) is 32.4 Å². The van der Waals surface area contributed by atoms with Crippen LogP contribution in [0.4, 0.5) is 8.78 Å². The number of piperidine rings is 1. The molecule has 29 heavy (non-hydrogen) atoms. The maximum absolute atomic E-state index is 12.7. The van der Waals surface area contributed by atoms with Gasteiger partial charge in [-0.05, 0) is 30.9 Å². The highest BCUT2D eigenvalue weighted by atomic mass is 127. The summed E-state index contributed by atoms with van der Waals surface area (Å²) in [5, 5.41) is 5.86. The highest BCUT2D eigenvalue weighted by Gasteiger charge is 2.23. The number of rotatable bonds is 7. The number of halogens is 3. The molecule has 1 saturated heterocycles. The lowest BCUT2D eigenvalue weighted by atomic mass is 9.93. The molecule has 0 bridgehead atoms. The number of nitrogens with one attached hydrogen (secondary N) is 2. The Bertz CT molecular complexity index is 683. The summed E-state index contributed by atoms with van der Waals surface area (Å²) >= 11 is 0. The van der Waals surface area contributed by atoms with Crippen LogP contribution in [0.3, 0.4) is 0 Å². The number of alkyl halides is 2. The van der Waals surface area contributed by atoms with Gasteiger partial charge in [0.1, 0.15) is 11.5 Å². The second-order valence-electron chi connectivity index (χ2n) is 6.56. The van der Waals surface area contributed by atoms with Crippen LogP contribution in [0.5, 0.6) is 11.5 Å². The minimum atomic E-state index is -2.91. The van der Waals surface area contributed by atoms with Crippen molar-refractivity contribution in [1.29, 1.82) is 0 Å². The number of benzene rings is 1. The summed E-state index contributed by atoms with van der Waals surface area (Å²) in [5.41, 5.74) is 0.580. The zero-order valence-corrected chi connectivity index (χ0v) is 19.2. The maximum atomic E-state index is 12.7. The van der Waals surface area contributed by atoms with E-state index in [1.165, 1.54) is 13.2 Å². The Balaban J connectivity index is 0.00000420. The van der Waals surface area contributed by atoms with Crippen molar-refractivity contribution in [3.8, 4) is 11.5 Å². The molecule has 10 heteroatoms. The van der Waals surface area contributed by atoms with Gasteiger partial charge in [0.25, 0.3) is 0 Å². The summed E-state index contributed by atoms with van der Waals surface area (Å²) in [7, 11) is 4.80. The number of guanidine groups is 1. The summed E-state index contributed by atoms with van der Waals surface area (Å²) < 4.78 is 35.1. The van der Waals surface area contributed by atoms with Crippen LogP contribution in [-0.2, 0) is 11.3 Å². The SMILES string of the molecule is CN=C(NCc1ccc(OC)cc1OC(F)F)N1CCC(CC(=O)NC)CC1.I. The smallest absolute Gasteiger partial charge is 0.387 e. The van der Waals surface area contributed by atoms with E-state index < -0.39 is 6.61 Å². The summed E-state index contributed by atoms with van der Waals surface area (Å²) in [6.45, 7) is -1.06. The van der Waals surface area contributed by atoms with E-state index in [9.17, 15) is 13.6 Å². The Morgan fingerprint density at radius 1 is 1.34 bits per heavy atom. The van der Waals surface area contributed by atoms with Crippen LogP contribution in [0.1, 0.15) is 24.8 Å². The molecule has 1 fully saturated rings. The number of hydrogen-bond donors (Lipinski definition) is 2. The van der Waals surface area contributed by atoms with E-state index in [2.05, 4.69) is 25.3 Å². The topological polar surface area (TPSA) is 75.2 Å². The summed E-state index contributed by atoms with van der Waals surface area (Å²) in [6.07, 6.45) is 2.34. The Morgan fingerprint density at radius 2 is 2.03 bits per heavy atom. The van der Waals surface area contributed by atoms with Crippen molar-refractivity contribution in [1.82, 2.24) is 15.5 Å². The van der Waals surface area contributed by atoms with Gasteiger partial charge in [-0.3, -0.25) is 9.79 Å². The molecule has 1 aromatic carbocycles. The van der Waals surface area contributed by atoms with Crippen LogP contribution < -0.4 is 20.1 Å².